The van der Waals surface area contributed by atoms with Crippen molar-refractivity contribution in [2.75, 3.05) is 6.79 Å². The fourth-order valence-electron chi connectivity index (χ4n) is 1.49. The molecule has 0 bridgehead atoms. The molecule has 0 aliphatic carbocycles. The summed E-state index contributed by atoms with van der Waals surface area (Å²) in [5.41, 5.74) is 0.720. The van der Waals surface area contributed by atoms with Crippen LogP contribution in [0.3, 0.4) is 0 Å². The molecule has 2 aromatic rings. The third-order valence-corrected chi connectivity index (χ3v) is 2.79. The molecule has 0 aliphatic rings. The lowest BCUT2D eigenvalue weighted by Crippen LogP contribution is -2.15. The van der Waals surface area contributed by atoms with Crippen LogP contribution >= 0.6 is 15.9 Å². The fourth-order valence-corrected chi connectivity index (χ4v) is 1.84. The van der Waals surface area contributed by atoms with Crippen molar-refractivity contribution in [2.45, 2.75) is 6.92 Å². The van der Waals surface area contributed by atoms with Gasteiger partial charge in [0.1, 0.15) is 0 Å². The first-order valence-electron chi connectivity index (χ1n) is 5.15. The molecule has 6 heteroatoms. The number of benzene rings is 1. The molecule has 0 saturated carbocycles. The van der Waals surface area contributed by atoms with Crippen LogP contribution in [0.2, 0.25) is 0 Å². The maximum atomic E-state index is 11.7. The summed E-state index contributed by atoms with van der Waals surface area (Å²) < 4.78 is 11.6. The first-order chi connectivity index (χ1) is 8.58. The number of halogens is 1. The molecule has 0 saturated heterocycles. The molecular formula is C12H10BrNO4. The number of hydrogen-bond donors (Lipinski definition) is 0. The van der Waals surface area contributed by atoms with Crippen LogP contribution in [0, 0.1) is 0 Å². The molecule has 2 rings (SSSR count). The Bertz CT molecular complexity index is 605. The summed E-state index contributed by atoms with van der Waals surface area (Å²) in [7, 11) is 0. The molecule has 0 radical (unpaired) electrons. The molecule has 0 unspecified atom stereocenters. The Morgan fingerprint density at radius 1 is 1.28 bits per heavy atom. The van der Waals surface area contributed by atoms with Crippen molar-refractivity contribution >= 4 is 38.9 Å². The Hall–Kier alpha value is -1.82. The van der Waals surface area contributed by atoms with Crippen molar-refractivity contribution in [2.24, 2.45) is 0 Å². The van der Waals surface area contributed by atoms with Gasteiger partial charge >= 0.3 is 12.1 Å². The highest BCUT2D eigenvalue weighted by atomic mass is 79.9. The highest BCUT2D eigenvalue weighted by molar-refractivity contribution is 9.10. The Morgan fingerprint density at radius 3 is 2.78 bits per heavy atom. The zero-order valence-corrected chi connectivity index (χ0v) is 11.1. The van der Waals surface area contributed by atoms with Gasteiger partial charge in [0.25, 0.3) is 0 Å². The summed E-state index contributed by atoms with van der Waals surface area (Å²) in [4.78, 5) is 22.3. The predicted molar refractivity (Wildman–Crippen MR) is 68.2 cm³/mol. The van der Waals surface area contributed by atoms with Gasteiger partial charge in [0, 0.05) is 23.0 Å². The summed E-state index contributed by atoms with van der Waals surface area (Å²) >= 11 is 3.34. The van der Waals surface area contributed by atoms with Crippen LogP contribution in [-0.4, -0.2) is 23.4 Å². The van der Waals surface area contributed by atoms with E-state index in [0.717, 1.165) is 15.4 Å². The van der Waals surface area contributed by atoms with Crippen molar-refractivity contribution in [3.8, 4) is 0 Å². The van der Waals surface area contributed by atoms with Crippen LogP contribution in [0.5, 0.6) is 0 Å². The van der Waals surface area contributed by atoms with Crippen molar-refractivity contribution in [1.29, 1.82) is 0 Å². The molecular weight excluding hydrogens is 302 g/mol. The van der Waals surface area contributed by atoms with Crippen LogP contribution in [0.25, 0.3) is 10.9 Å². The van der Waals surface area contributed by atoms with Gasteiger partial charge in [0.15, 0.2) is 0 Å². The second-order valence-corrected chi connectivity index (χ2v) is 4.47. The van der Waals surface area contributed by atoms with Crippen LogP contribution < -0.4 is 0 Å². The van der Waals surface area contributed by atoms with Gasteiger partial charge in [-0.25, -0.2) is 4.79 Å². The average molecular weight is 312 g/mol. The lowest BCUT2D eigenvalue weighted by atomic mass is 10.2. The average Bonchev–Trinajstić information content (AvgIpc) is 2.71. The van der Waals surface area contributed by atoms with E-state index >= 15 is 0 Å². The molecule has 94 valence electrons. The summed E-state index contributed by atoms with van der Waals surface area (Å²) in [6.07, 6.45) is 1.01. The summed E-state index contributed by atoms with van der Waals surface area (Å²) in [5, 5.41) is 0.919. The van der Waals surface area contributed by atoms with Gasteiger partial charge in [0.05, 0.1) is 5.52 Å². The van der Waals surface area contributed by atoms with Gasteiger partial charge in [-0.1, -0.05) is 22.0 Å². The van der Waals surface area contributed by atoms with Crippen LogP contribution in [0.1, 0.15) is 6.92 Å². The molecule has 1 heterocycles. The number of aromatic nitrogens is 1. The molecule has 1 aromatic carbocycles. The van der Waals surface area contributed by atoms with E-state index in [-0.39, 0.29) is 6.79 Å². The van der Waals surface area contributed by atoms with E-state index in [1.54, 1.807) is 12.3 Å². The molecule has 0 N–H and O–H groups in total. The zero-order valence-electron chi connectivity index (χ0n) is 9.55. The highest BCUT2D eigenvalue weighted by Gasteiger charge is 2.10. The highest BCUT2D eigenvalue weighted by Crippen LogP contribution is 2.21. The maximum absolute atomic E-state index is 11.7. The molecule has 1 aromatic heterocycles. The van der Waals surface area contributed by atoms with Gasteiger partial charge in [-0.3, -0.25) is 9.36 Å². The largest absolute Gasteiger partial charge is 0.428 e. The molecule has 0 amide bonds. The van der Waals surface area contributed by atoms with Crippen LogP contribution in [0.15, 0.2) is 34.9 Å². The van der Waals surface area contributed by atoms with Crippen LogP contribution in [0.4, 0.5) is 4.79 Å². The van der Waals surface area contributed by atoms with E-state index < -0.39 is 12.1 Å². The first-order valence-corrected chi connectivity index (χ1v) is 5.94. The van der Waals surface area contributed by atoms with Gasteiger partial charge in [0.2, 0.25) is 6.79 Å². The Balaban J connectivity index is 2.17. The third kappa shape index (κ3) is 2.70. The monoisotopic (exact) mass is 311 g/mol. The quantitative estimate of drug-likeness (QED) is 0.632. The standard InChI is InChI=1S/C12H10BrNO4/c1-8(15)17-7-18-12(16)14-5-4-9-2-3-10(13)6-11(9)14/h2-6H,7H2,1H3. The van der Waals surface area contributed by atoms with Gasteiger partial charge in [-0.05, 0) is 18.2 Å². The second-order valence-electron chi connectivity index (χ2n) is 3.55. The minimum absolute atomic E-state index is 0.387. The lowest BCUT2D eigenvalue weighted by molar-refractivity contribution is -0.149. The number of nitrogens with zero attached hydrogens (tertiary/aromatic N) is 1. The van der Waals surface area contributed by atoms with E-state index in [9.17, 15) is 9.59 Å². The summed E-state index contributed by atoms with van der Waals surface area (Å²) in [5.74, 6) is -0.497. The van der Waals surface area contributed by atoms with E-state index in [4.69, 9.17) is 4.74 Å². The summed E-state index contributed by atoms with van der Waals surface area (Å²) in [6.45, 7) is 0.859. The number of fused-ring (bicyclic) bond motifs is 1. The maximum Gasteiger partial charge on any atom is 0.421 e. The van der Waals surface area contributed by atoms with Crippen molar-refractivity contribution in [1.82, 2.24) is 4.57 Å². The fraction of sp³-hybridized carbons (Fsp3) is 0.167. The normalized spacial score (nSPS) is 10.3. The van der Waals surface area contributed by atoms with Crippen molar-refractivity contribution in [3.05, 3.63) is 34.9 Å². The van der Waals surface area contributed by atoms with Crippen molar-refractivity contribution in [3.63, 3.8) is 0 Å². The SMILES string of the molecule is CC(=O)OCOC(=O)n1ccc2ccc(Br)cc21. The second kappa shape index (κ2) is 5.22. The first kappa shape index (κ1) is 12.6. The molecule has 0 atom stereocenters. The number of rotatable bonds is 2. The Morgan fingerprint density at radius 2 is 2.06 bits per heavy atom. The Kier molecular flexibility index (Phi) is 3.66. The van der Waals surface area contributed by atoms with Gasteiger partial charge < -0.3 is 9.47 Å². The number of carbonyl (C=O) groups is 2. The van der Waals surface area contributed by atoms with Gasteiger partial charge in [-0.15, -0.1) is 0 Å². The molecule has 18 heavy (non-hydrogen) atoms. The van der Waals surface area contributed by atoms with E-state index in [1.165, 1.54) is 11.5 Å². The molecule has 0 aliphatic heterocycles. The lowest BCUT2D eigenvalue weighted by Gasteiger charge is -2.06. The molecule has 0 spiro atoms. The number of carbonyl (C=O) groups excluding carboxylic acids is 2. The zero-order chi connectivity index (χ0) is 13.1. The minimum Gasteiger partial charge on any atom is -0.428 e. The van der Waals surface area contributed by atoms with Crippen LogP contribution in [-0.2, 0) is 14.3 Å². The number of hydrogen-bond acceptors (Lipinski definition) is 4. The minimum atomic E-state index is -0.593. The predicted octanol–water partition coefficient (Wildman–Crippen LogP) is 2.91. The number of ether oxygens (including phenoxy) is 2. The smallest absolute Gasteiger partial charge is 0.421 e. The van der Waals surface area contributed by atoms with Crippen molar-refractivity contribution < 1.29 is 19.1 Å². The van der Waals surface area contributed by atoms with Gasteiger partial charge in [-0.2, -0.15) is 0 Å². The molecule has 0 fully saturated rings. The van der Waals surface area contributed by atoms with E-state index in [1.807, 2.05) is 18.2 Å². The van der Waals surface area contributed by atoms with E-state index in [2.05, 4.69) is 20.7 Å². The number of esters is 1. The molecule has 5 nitrogen and oxygen atoms in total. The topological polar surface area (TPSA) is 57.5 Å². The van der Waals surface area contributed by atoms with E-state index in [0.29, 0.717) is 0 Å². The third-order valence-electron chi connectivity index (χ3n) is 2.30. The Labute approximate surface area is 111 Å². The summed E-state index contributed by atoms with van der Waals surface area (Å²) in [6, 6.07) is 7.38.